The maximum absolute atomic E-state index is 11.4. The van der Waals surface area contributed by atoms with Gasteiger partial charge in [-0.2, -0.15) is 0 Å². The van der Waals surface area contributed by atoms with Crippen molar-refractivity contribution >= 4 is 33.4 Å². The summed E-state index contributed by atoms with van der Waals surface area (Å²) < 4.78 is 6.34. The Morgan fingerprint density at radius 3 is 2.85 bits per heavy atom. The second kappa shape index (κ2) is 6.69. The molecule has 20 heavy (non-hydrogen) atoms. The molecule has 0 saturated heterocycles. The normalized spacial score (nSPS) is 10.2. The fraction of sp³-hybridized carbons (Fsp3) is 0.0769. The fourth-order valence-corrected chi connectivity index (χ4v) is 2.18. The first-order valence-corrected chi connectivity index (χ1v) is 6.80. The number of aromatic nitrogens is 1. The minimum atomic E-state index is -0.350. The molecule has 1 amide bonds. The van der Waals surface area contributed by atoms with Gasteiger partial charge in [-0.3, -0.25) is 15.2 Å². The largest absolute Gasteiger partial charge is 0.487 e. The Balaban J connectivity index is 2.08. The van der Waals surface area contributed by atoms with Crippen molar-refractivity contribution in [3.63, 3.8) is 0 Å². The Bertz CT molecular complexity index is 637. The minimum Gasteiger partial charge on any atom is -0.487 e. The molecule has 0 saturated carbocycles. The minimum absolute atomic E-state index is 0.327. The van der Waals surface area contributed by atoms with Crippen molar-refractivity contribution in [1.29, 1.82) is 0 Å². The van der Waals surface area contributed by atoms with Crippen molar-refractivity contribution in [3.8, 4) is 5.75 Å². The van der Waals surface area contributed by atoms with E-state index >= 15 is 0 Å². The Kier molecular flexibility index (Phi) is 4.94. The van der Waals surface area contributed by atoms with Crippen LogP contribution < -0.4 is 16.0 Å². The lowest BCUT2D eigenvalue weighted by atomic mass is 10.1. The summed E-state index contributed by atoms with van der Waals surface area (Å²) in [6.45, 7) is 0.327. The van der Waals surface area contributed by atoms with Crippen molar-refractivity contribution < 1.29 is 9.53 Å². The highest BCUT2D eigenvalue weighted by Gasteiger charge is 2.08. The molecule has 0 atom stereocenters. The summed E-state index contributed by atoms with van der Waals surface area (Å²) in [6, 6.07) is 6.81. The summed E-state index contributed by atoms with van der Waals surface area (Å²) in [5, 5.41) is 0.511. The number of carbonyl (C=O) groups is 1. The van der Waals surface area contributed by atoms with Gasteiger partial charge < -0.3 is 4.74 Å². The van der Waals surface area contributed by atoms with Gasteiger partial charge in [0.1, 0.15) is 12.4 Å². The van der Waals surface area contributed by atoms with Gasteiger partial charge >= 0.3 is 0 Å². The maximum Gasteiger partial charge on any atom is 0.265 e. The zero-order valence-corrected chi connectivity index (χ0v) is 12.6. The van der Waals surface area contributed by atoms with E-state index in [4.69, 9.17) is 22.2 Å². The van der Waals surface area contributed by atoms with Gasteiger partial charge in [-0.05, 0) is 12.1 Å². The molecule has 2 rings (SSSR count). The third kappa shape index (κ3) is 3.69. The van der Waals surface area contributed by atoms with Gasteiger partial charge in [0, 0.05) is 27.9 Å². The molecule has 0 aliphatic rings. The Morgan fingerprint density at radius 1 is 1.40 bits per heavy atom. The molecule has 0 aliphatic carbocycles. The number of hydrogen-bond donors (Lipinski definition) is 2. The standard InChI is InChI=1S/C13H11BrClN3O2/c14-12-3-8(13(19)18-16)1-2-9(12)7-20-11-4-10(15)5-17-6-11/h1-6H,7,16H2,(H,18,19). The number of nitrogens with two attached hydrogens (primary N) is 1. The van der Waals surface area contributed by atoms with Crippen LogP contribution in [0, 0.1) is 0 Å². The summed E-state index contributed by atoms with van der Waals surface area (Å²) in [4.78, 5) is 15.3. The van der Waals surface area contributed by atoms with Gasteiger partial charge in [0.2, 0.25) is 0 Å². The van der Waals surface area contributed by atoms with Crippen LogP contribution >= 0.6 is 27.5 Å². The highest BCUT2D eigenvalue weighted by atomic mass is 79.9. The average molecular weight is 357 g/mol. The van der Waals surface area contributed by atoms with E-state index in [1.54, 1.807) is 30.5 Å². The van der Waals surface area contributed by atoms with Crippen LogP contribution in [0.2, 0.25) is 5.02 Å². The van der Waals surface area contributed by atoms with Gasteiger partial charge in [-0.1, -0.05) is 33.6 Å². The molecule has 7 heteroatoms. The Hall–Kier alpha value is -1.63. The second-order valence-corrected chi connectivity index (χ2v) is 5.20. The fourth-order valence-electron chi connectivity index (χ4n) is 1.52. The van der Waals surface area contributed by atoms with Gasteiger partial charge in [0.25, 0.3) is 5.91 Å². The first kappa shape index (κ1) is 14.8. The first-order chi connectivity index (χ1) is 9.60. The highest BCUT2D eigenvalue weighted by molar-refractivity contribution is 9.10. The van der Waals surface area contributed by atoms with E-state index in [2.05, 4.69) is 26.3 Å². The summed E-state index contributed by atoms with van der Waals surface area (Å²) in [7, 11) is 0. The van der Waals surface area contributed by atoms with Crippen LogP contribution in [0.25, 0.3) is 0 Å². The van der Waals surface area contributed by atoms with Crippen LogP contribution in [-0.4, -0.2) is 10.9 Å². The molecule has 1 heterocycles. The molecule has 2 aromatic rings. The van der Waals surface area contributed by atoms with Crippen LogP contribution in [0.5, 0.6) is 5.75 Å². The van der Waals surface area contributed by atoms with Gasteiger partial charge in [0.05, 0.1) is 11.2 Å². The zero-order chi connectivity index (χ0) is 14.5. The molecule has 1 aromatic carbocycles. The van der Waals surface area contributed by atoms with Crippen LogP contribution in [0.3, 0.4) is 0 Å². The van der Waals surface area contributed by atoms with E-state index in [0.717, 1.165) is 10.0 Å². The van der Waals surface area contributed by atoms with Crippen LogP contribution in [0.15, 0.2) is 41.1 Å². The Morgan fingerprint density at radius 2 is 2.20 bits per heavy atom. The molecule has 0 spiro atoms. The average Bonchev–Trinajstić information content (AvgIpc) is 2.45. The number of hydrazine groups is 1. The number of benzene rings is 1. The van der Waals surface area contributed by atoms with E-state index in [1.807, 2.05) is 0 Å². The van der Waals surface area contributed by atoms with Crippen molar-refractivity contribution in [3.05, 3.63) is 57.3 Å². The molecular formula is C13H11BrClN3O2. The lowest BCUT2D eigenvalue weighted by molar-refractivity contribution is 0.0953. The van der Waals surface area contributed by atoms with E-state index in [-0.39, 0.29) is 5.91 Å². The number of halogens is 2. The number of carbonyl (C=O) groups excluding carboxylic acids is 1. The summed E-state index contributed by atoms with van der Waals surface area (Å²) in [5.41, 5.74) is 3.43. The Labute approximate surface area is 129 Å². The third-order valence-electron chi connectivity index (χ3n) is 2.52. The lowest BCUT2D eigenvalue weighted by Gasteiger charge is -2.09. The molecule has 0 bridgehead atoms. The molecule has 3 N–H and O–H groups in total. The second-order valence-electron chi connectivity index (χ2n) is 3.91. The number of nitrogen functional groups attached to an aromatic ring is 1. The monoisotopic (exact) mass is 355 g/mol. The van der Waals surface area contributed by atoms with Crippen molar-refractivity contribution in [2.24, 2.45) is 5.84 Å². The molecule has 0 unspecified atom stereocenters. The summed E-state index contributed by atoms with van der Waals surface area (Å²) in [5.74, 6) is 5.31. The van der Waals surface area contributed by atoms with Crippen LogP contribution in [0.4, 0.5) is 0 Å². The highest BCUT2D eigenvalue weighted by Crippen LogP contribution is 2.22. The van der Waals surface area contributed by atoms with Gasteiger partial charge in [-0.15, -0.1) is 0 Å². The molecule has 1 aromatic heterocycles. The summed E-state index contributed by atoms with van der Waals surface area (Å²) in [6.07, 6.45) is 3.11. The van der Waals surface area contributed by atoms with Crippen molar-refractivity contribution in [2.45, 2.75) is 6.61 Å². The summed E-state index contributed by atoms with van der Waals surface area (Å²) >= 11 is 9.21. The molecule has 104 valence electrons. The van der Waals surface area contributed by atoms with Gasteiger partial charge in [-0.25, -0.2) is 5.84 Å². The lowest BCUT2D eigenvalue weighted by Crippen LogP contribution is -2.29. The predicted molar refractivity (Wildman–Crippen MR) is 79.4 cm³/mol. The quantitative estimate of drug-likeness (QED) is 0.501. The molecule has 0 radical (unpaired) electrons. The van der Waals surface area contributed by atoms with Crippen LogP contribution in [-0.2, 0) is 6.61 Å². The van der Waals surface area contributed by atoms with Gasteiger partial charge in [0.15, 0.2) is 0 Å². The molecule has 0 fully saturated rings. The maximum atomic E-state index is 11.4. The van der Waals surface area contributed by atoms with E-state index < -0.39 is 0 Å². The number of pyridine rings is 1. The number of rotatable bonds is 4. The number of ether oxygens (including phenoxy) is 1. The number of amides is 1. The number of nitrogens with zero attached hydrogens (tertiary/aromatic N) is 1. The van der Waals surface area contributed by atoms with Crippen molar-refractivity contribution in [2.75, 3.05) is 0 Å². The first-order valence-electron chi connectivity index (χ1n) is 5.63. The number of nitrogens with one attached hydrogen (secondary N) is 1. The molecule has 0 aliphatic heterocycles. The van der Waals surface area contributed by atoms with E-state index in [9.17, 15) is 4.79 Å². The van der Waals surface area contributed by atoms with Crippen molar-refractivity contribution in [1.82, 2.24) is 10.4 Å². The predicted octanol–water partition coefficient (Wildman–Crippen LogP) is 2.68. The smallest absolute Gasteiger partial charge is 0.265 e. The molecule has 5 nitrogen and oxygen atoms in total. The topological polar surface area (TPSA) is 77.2 Å². The third-order valence-corrected chi connectivity index (χ3v) is 3.47. The van der Waals surface area contributed by atoms with E-state index in [0.29, 0.717) is 22.9 Å². The SMILES string of the molecule is NNC(=O)c1ccc(COc2cncc(Cl)c2)c(Br)c1. The number of hydrogen-bond acceptors (Lipinski definition) is 4. The zero-order valence-electron chi connectivity index (χ0n) is 10.3. The van der Waals surface area contributed by atoms with Crippen LogP contribution in [0.1, 0.15) is 15.9 Å². The molecular weight excluding hydrogens is 346 g/mol. The van der Waals surface area contributed by atoms with E-state index in [1.165, 1.54) is 6.20 Å².